The number of nitrogens with one attached hydrogen (secondary N) is 1. The van der Waals surface area contributed by atoms with Gasteiger partial charge in [0.15, 0.2) is 0 Å². The highest BCUT2D eigenvalue weighted by Crippen LogP contribution is 2.21. The minimum absolute atomic E-state index is 0.221. The molecule has 2 aromatic carbocycles. The molecule has 1 aliphatic rings. The molecule has 1 aliphatic carbocycles. The maximum Gasteiger partial charge on any atom is 0.123 e. The molecular formula is C18H20FNO. The van der Waals surface area contributed by atoms with E-state index in [4.69, 9.17) is 4.74 Å². The Bertz CT molecular complexity index is 622. The van der Waals surface area contributed by atoms with E-state index in [-0.39, 0.29) is 5.82 Å². The van der Waals surface area contributed by atoms with Gasteiger partial charge in [-0.2, -0.15) is 0 Å². The number of benzene rings is 2. The average molecular weight is 285 g/mol. The van der Waals surface area contributed by atoms with Gasteiger partial charge in [-0.1, -0.05) is 18.2 Å². The molecule has 0 amide bonds. The highest BCUT2D eigenvalue weighted by molar-refractivity contribution is 5.30. The van der Waals surface area contributed by atoms with Gasteiger partial charge in [-0.25, -0.2) is 4.39 Å². The fourth-order valence-electron chi connectivity index (χ4n) is 2.25. The van der Waals surface area contributed by atoms with Crippen molar-refractivity contribution in [2.45, 2.75) is 39.0 Å². The van der Waals surface area contributed by atoms with E-state index in [0.29, 0.717) is 12.6 Å². The maximum atomic E-state index is 13.3. The second kappa shape index (κ2) is 6.27. The van der Waals surface area contributed by atoms with Crippen LogP contribution < -0.4 is 10.1 Å². The zero-order chi connectivity index (χ0) is 14.7. The van der Waals surface area contributed by atoms with Crippen LogP contribution in [0.3, 0.4) is 0 Å². The van der Waals surface area contributed by atoms with E-state index < -0.39 is 0 Å². The molecule has 0 unspecified atom stereocenters. The molecule has 3 heteroatoms. The van der Waals surface area contributed by atoms with Gasteiger partial charge < -0.3 is 10.1 Å². The molecule has 2 aromatic rings. The Morgan fingerprint density at radius 3 is 2.86 bits per heavy atom. The lowest BCUT2D eigenvalue weighted by atomic mass is 10.1. The lowest BCUT2D eigenvalue weighted by Gasteiger charge is -2.10. The summed E-state index contributed by atoms with van der Waals surface area (Å²) < 4.78 is 19.1. The van der Waals surface area contributed by atoms with Crippen LogP contribution in [0.1, 0.15) is 29.5 Å². The first-order valence-electron chi connectivity index (χ1n) is 7.41. The first kappa shape index (κ1) is 14.1. The molecular weight excluding hydrogens is 265 g/mol. The number of aryl methyl sites for hydroxylation is 1. The molecule has 0 aromatic heterocycles. The zero-order valence-corrected chi connectivity index (χ0v) is 12.2. The van der Waals surface area contributed by atoms with Gasteiger partial charge in [0.05, 0.1) is 0 Å². The Kier molecular flexibility index (Phi) is 4.20. The quantitative estimate of drug-likeness (QED) is 0.867. The van der Waals surface area contributed by atoms with Crippen LogP contribution in [0.25, 0.3) is 0 Å². The molecule has 1 saturated carbocycles. The molecule has 0 saturated heterocycles. The summed E-state index contributed by atoms with van der Waals surface area (Å²) in [4.78, 5) is 0. The number of hydrogen-bond acceptors (Lipinski definition) is 2. The van der Waals surface area contributed by atoms with Crippen molar-refractivity contribution in [3.8, 4) is 5.75 Å². The van der Waals surface area contributed by atoms with E-state index in [9.17, 15) is 4.39 Å². The van der Waals surface area contributed by atoms with Crippen molar-refractivity contribution in [3.63, 3.8) is 0 Å². The Balaban J connectivity index is 1.61. The summed E-state index contributed by atoms with van der Waals surface area (Å²) >= 11 is 0. The normalized spacial score (nSPS) is 14.2. The minimum Gasteiger partial charge on any atom is -0.489 e. The van der Waals surface area contributed by atoms with Gasteiger partial charge in [0.1, 0.15) is 18.2 Å². The smallest absolute Gasteiger partial charge is 0.123 e. The number of rotatable bonds is 6. The van der Waals surface area contributed by atoms with Crippen molar-refractivity contribution in [2.75, 3.05) is 0 Å². The summed E-state index contributed by atoms with van der Waals surface area (Å²) in [6, 6.07) is 13.6. The van der Waals surface area contributed by atoms with Crippen molar-refractivity contribution in [1.29, 1.82) is 0 Å². The molecule has 21 heavy (non-hydrogen) atoms. The lowest BCUT2D eigenvalue weighted by Crippen LogP contribution is -2.15. The number of hydrogen-bond donors (Lipinski definition) is 1. The Morgan fingerprint density at radius 1 is 1.19 bits per heavy atom. The summed E-state index contributed by atoms with van der Waals surface area (Å²) in [7, 11) is 0. The van der Waals surface area contributed by atoms with Gasteiger partial charge >= 0.3 is 0 Å². The Morgan fingerprint density at radius 2 is 2.05 bits per heavy atom. The number of ether oxygens (including phenoxy) is 1. The van der Waals surface area contributed by atoms with Crippen molar-refractivity contribution in [3.05, 3.63) is 65.0 Å². The third kappa shape index (κ3) is 4.05. The molecule has 0 bridgehead atoms. The summed E-state index contributed by atoms with van der Waals surface area (Å²) in [5.74, 6) is 0.607. The summed E-state index contributed by atoms with van der Waals surface area (Å²) in [5.41, 5.74) is 3.15. The van der Waals surface area contributed by atoms with Gasteiger partial charge in [-0.15, -0.1) is 0 Å². The van der Waals surface area contributed by atoms with Crippen molar-refractivity contribution >= 4 is 0 Å². The van der Waals surface area contributed by atoms with Crippen LogP contribution in [0.15, 0.2) is 42.5 Å². The predicted octanol–water partition coefficient (Wildman–Crippen LogP) is 3.97. The Hall–Kier alpha value is -1.87. The lowest BCUT2D eigenvalue weighted by molar-refractivity contribution is 0.304. The molecule has 2 nitrogen and oxygen atoms in total. The van der Waals surface area contributed by atoms with Gasteiger partial charge in [-0.3, -0.25) is 0 Å². The molecule has 0 aliphatic heterocycles. The van der Waals surface area contributed by atoms with Gasteiger partial charge in [0, 0.05) is 12.6 Å². The van der Waals surface area contributed by atoms with Crippen LogP contribution in [0.4, 0.5) is 4.39 Å². The first-order valence-corrected chi connectivity index (χ1v) is 7.41. The van der Waals surface area contributed by atoms with E-state index in [1.54, 1.807) is 6.07 Å². The second-order valence-corrected chi connectivity index (χ2v) is 5.66. The first-order chi connectivity index (χ1) is 10.2. The topological polar surface area (TPSA) is 21.3 Å². The molecule has 0 atom stereocenters. The molecule has 110 valence electrons. The van der Waals surface area contributed by atoms with Crippen LogP contribution in [0.2, 0.25) is 0 Å². The molecule has 3 rings (SSSR count). The maximum absolute atomic E-state index is 13.3. The van der Waals surface area contributed by atoms with E-state index in [1.807, 2.05) is 25.1 Å². The zero-order valence-electron chi connectivity index (χ0n) is 12.2. The van der Waals surface area contributed by atoms with Crippen LogP contribution in [-0.4, -0.2) is 6.04 Å². The van der Waals surface area contributed by atoms with Crippen LogP contribution in [-0.2, 0) is 13.2 Å². The van der Waals surface area contributed by atoms with E-state index in [1.165, 1.54) is 30.5 Å². The fourth-order valence-corrected chi connectivity index (χ4v) is 2.25. The minimum atomic E-state index is -0.221. The molecule has 0 radical (unpaired) electrons. The van der Waals surface area contributed by atoms with Crippen LogP contribution >= 0.6 is 0 Å². The van der Waals surface area contributed by atoms with Gasteiger partial charge in [0.2, 0.25) is 0 Å². The second-order valence-electron chi connectivity index (χ2n) is 5.66. The fraction of sp³-hybridized carbons (Fsp3) is 0.333. The SMILES string of the molecule is Cc1ccc(F)cc1COc1cccc(CNC2CC2)c1. The highest BCUT2D eigenvalue weighted by Gasteiger charge is 2.19. The van der Waals surface area contributed by atoms with Crippen LogP contribution in [0, 0.1) is 12.7 Å². The molecule has 1 N–H and O–H groups in total. The summed E-state index contributed by atoms with van der Waals surface area (Å²) in [5, 5.41) is 3.49. The van der Waals surface area contributed by atoms with Crippen molar-refractivity contribution < 1.29 is 9.13 Å². The highest BCUT2D eigenvalue weighted by atomic mass is 19.1. The third-order valence-electron chi connectivity index (χ3n) is 3.78. The average Bonchev–Trinajstić information content (AvgIpc) is 3.31. The van der Waals surface area contributed by atoms with E-state index in [0.717, 1.165) is 23.4 Å². The number of halogens is 1. The van der Waals surface area contributed by atoms with Gasteiger partial charge in [-0.05, 0) is 60.7 Å². The molecule has 0 heterocycles. The molecule has 0 spiro atoms. The van der Waals surface area contributed by atoms with Crippen LogP contribution in [0.5, 0.6) is 5.75 Å². The van der Waals surface area contributed by atoms with E-state index >= 15 is 0 Å². The third-order valence-corrected chi connectivity index (χ3v) is 3.78. The molecule has 1 fully saturated rings. The van der Waals surface area contributed by atoms with Crippen molar-refractivity contribution in [1.82, 2.24) is 5.32 Å². The largest absolute Gasteiger partial charge is 0.489 e. The van der Waals surface area contributed by atoms with Crippen molar-refractivity contribution in [2.24, 2.45) is 0 Å². The standard InChI is InChI=1S/C18H20FNO/c1-13-5-6-16(19)10-15(13)12-21-18-4-2-3-14(9-18)11-20-17-7-8-17/h2-6,9-10,17,20H,7-8,11-12H2,1H3. The van der Waals surface area contributed by atoms with Gasteiger partial charge in [0.25, 0.3) is 0 Å². The summed E-state index contributed by atoms with van der Waals surface area (Å²) in [6.07, 6.45) is 2.57. The van der Waals surface area contributed by atoms with E-state index in [2.05, 4.69) is 11.4 Å². The predicted molar refractivity (Wildman–Crippen MR) is 81.8 cm³/mol. The monoisotopic (exact) mass is 285 g/mol. The summed E-state index contributed by atoms with van der Waals surface area (Å²) in [6.45, 7) is 3.23. The Labute approximate surface area is 125 Å².